The zero-order valence-electron chi connectivity index (χ0n) is 40.7. The summed E-state index contributed by atoms with van der Waals surface area (Å²) in [6.07, 6.45) is -23.1. The van der Waals surface area contributed by atoms with E-state index in [0.717, 1.165) is 14.2 Å². The fraction of sp³-hybridized carbons (Fsp3) is 0.364. The molecule has 0 aromatic heterocycles. The fourth-order valence-corrected chi connectivity index (χ4v) is 8.04. The number of hydrogen-bond acceptors (Lipinski definition) is 16. The summed E-state index contributed by atoms with van der Waals surface area (Å²) < 4.78 is 113. The molecule has 0 aliphatic carbocycles. The van der Waals surface area contributed by atoms with Crippen molar-refractivity contribution in [2.75, 3.05) is 14.2 Å². The highest BCUT2D eigenvalue weighted by Gasteiger charge is 2.59. The highest BCUT2D eigenvalue weighted by atomic mass is 19.4. The Bertz CT molecular complexity index is 2580. The smallest absolute Gasteiger partial charge is 0.467 e. The van der Waals surface area contributed by atoms with Gasteiger partial charge in [-0.15, -0.1) is 0 Å². The summed E-state index contributed by atoms with van der Waals surface area (Å²) in [6, 6.07) is 42.5. The van der Waals surface area contributed by atoms with Gasteiger partial charge in [0.15, 0.2) is 24.6 Å². The number of hydrogen-bond donors (Lipinski definition) is 0. The monoisotopic (exact) mass is 1030 g/mol. The molecule has 2 fully saturated rings. The maximum Gasteiger partial charge on any atom is 0.468 e. The minimum Gasteiger partial charge on any atom is -0.467 e. The van der Waals surface area contributed by atoms with Crippen LogP contribution in [0.15, 0.2) is 157 Å². The van der Waals surface area contributed by atoms with E-state index >= 15 is 13.2 Å². The van der Waals surface area contributed by atoms with Crippen molar-refractivity contribution in [3.8, 4) is 0 Å². The van der Waals surface area contributed by atoms with Crippen molar-refractivity contribution in [2.45, 2.75) is 114 Å². The van der Waals surface area contributed by atoms with Gasteiger partial charge in [0.05, 0.1) is 52.8 Å². The Hall–Kier alpha value is -6.84. The van der Waals surface area contributed by atoms with Gasteiger partial charge in [-0.1, -0.05) is 140 Å². The molecular formula is C55H56F3NO15. The van der Waals surface area contributed by atoms with Crippen LogP contribution in [-0.4, -0.2) is 111 Å². The Morgan fingerprint density at radius 3 is 1.28 bits per heavy atom. The van der Waals surface area contributed by atoms with Gasteiger partial charge in [-0.25, -0.2) is 14.6 Å². The van der Waals surface area contributed by atoms with E-state index in [0.29, 0.717) is 22.3 Å². The fourth-order valence-electron chi connectivity index (χ4n) is 8.04. The molecule has 0 radical (unpaired) electrons. The van der Waals surface area contributed by atoms with Crippen LogP contribution in [0.4, 0.5) is 18.9 Å². The van der Waals surface area contributed by atoms with Crippen molar-refractivity contribution in [1.82, 2.24) is 0 Å². The third-order valence-electron chi connectivity index (χ3n) is 11.7. The molecule has 0 saturated carbocycles. The van der Waals surface area contributed by atoms with Crippen molar-refractivity contribution < 1.29 is 84.5 Å². The van der Waals surface area contributed by atoms with Gasteiger partial charge in [0.2, 0.25) is 6.29 Å². The molecule has 0 N–H and O–H groups in total. The number of halogens is 3. The lowest BCUT2D eigenvalue weighted by Gasteiger charge is -2.49. The average Bonchev–Trinajstić information content (AvgIpc) is 3.41. The molecule has 19 heteroatoms. The number of nitrogens with zero attached hydrogens (tertiary/aromatic N) is 1. The predicted molar refractivity (Wildman–Crippen MR) is 257 cm³/mol. The Labute approximate surface area is 425 Å². The predicted octanol–water partition coefficient (Wildman–Crippen LogP) is 8.10. The molecule has 392 valence electrons. The topological polar surface area (TPSA) is 182 Å². The Kier molecular flexibility index (Phi) is 20.0. The van der Waals surface area contributed by atoms with Crippen LogP contribution in [0.5, 0.6) is 0 Å². The summed E-state index contributed by atoms with van der Waals surface area (Å²) >= 11 is 0. The van der Waals surface area contributed by atoms with E-state index < -0.39 is 91.4 Å². The van der Waals surface area contributed by atoms with Crippen molar-refractivity contribution in [1.29, 1.82) is 0 Å². The van der Waals surface area contributed by atoms with Gasteiger partial charge in [0.25, 0.3) is 5.90 Å². The largest absolute Gasteiger partial charge is 0.468 e. The molecule has 0 bridgehead atoms. The number of carbonyl (C=O) groups excluding carboxylic acids is 4. The van der Waals surface area contributed by atoms with E-state index in [9.17, 15) is 19.2 Å². The molecular weight excluding hydrogens is 972 g/mol. The van der Waals surface area contributed by atoms with E-state index in [1.54, 1.807) is 127 Å². The second-order valence-corrected chi connectivity index (χ2v) is 17.1. The average molecular weight is 1030 g/mol. The van der Waals surface area contributed by atoms with Crippen LogP contribution in [0, 0.1) is 0 Å². The summed E-state index contributed by atoms with van der Waals surface area (Å²) in [5.41, 5.74) is 2.39. The number of benzene rings is 5. The molecule has 0 unspecified atom stereocenters. The molecule has 74 heavy (non-hydrogen) atoms. The minimum atomic E-state index is -5.21. The second-order valence-electron chi connectivity index (χ2n) is 17.1. The number of rotatable bonds is 22. The van der Waals surface area contributed by atoms with Gasteiger partial charge in [-0.2, -0.15) is 13.2 Å². The summed E-state index contributed by atoms with van der Waals surface area (Å²) in [6.45, 7) is 0.545. The lowest BCUT2D eigenvalue weighted by Crippen LogP contribution is -2.67. The number of aliphatic imine (C=N–C) groups is 1. The van der Waals surface area contributed by atoms with Gasteiger partial charge in [0.1, 0.15) is 36.3 Å². The standard InChI is InChI=1S/C55H56F3NO15/c1-35(60)29-30-41(61)70-44-42(66-31-36-19-9-4-10-20-36)48(68-33-38-23-13-6-14-24-38)52(72-46(44)50(62)64-2)71-45-43(67-32-37-21-11-5-12-22-37)49(69-34-39-25-15-7-16-26-39)53(73-47(45)51(63)65-3)74-54(55(56,57)58)59-40-27-17-8-18-28-40/h4-28,42-49,52-53H,29-34H2,1-3H3/t42-,43-,44-,45-,46+,47-,48-,49-,52+,53+/m0/s1. The summed E-state index contributed by atoms with van der Waals surface area (Å²) in [5.74, 6) is -5.11. The van der Waals surface area contributed by atoms with Gasteiger partial charge < -0.3 is 56.9 Å². The first-order chi connectivity index (χ1) is 35.8. The van der Waals surface area contributed by atoms with Crippen LogP contribution in [0.2, 0.25) is 0 Å². The Balaban J connectivity index is 1.36. The quantitative estimate of drug-likeness (QED) is 0.0280. The second kappa shape index (κ2) is 26.9. The van der Waals surface area contributed by atoms with Crippen LogP contribution in [0.1, 0.15) is 42.0 Å². The van der Waals surface area contributed by atoms with Gasteiger partial charge in [-0.05, 0) is 41.3 Å². The third kappa shape index (κ3) is 15.4. The molecule has 0 spiro atoms. The number of methoxy groups -OCH3 is 2. The molecule has 16 nitrogen and oxygen atoms in total. The number of ether oxygens (including phenoxy) is 11. The molecule has 2 aliphatic heterocycles. The van der Waals surface area contributed by atoms with Gasteiger partial charge in [-0.3, -0.25) is 4.79 Å². The normalized spacial score (nSPS) is 24.1. The first-order valence-corrected chi connectivity index (χ1v) is 23.6. The lowest BCUT2D eigenvalue weighted by atomic mass is 9.95. The molecule has 10 atom stereocenters. The molecule has 5 aromatic rings. The van der Waals surface area contributed by atoms with E-state index in [1.165, 1.54) is 31.2 Å². The molecule has 2 heterocycles. The lowest BCUT2D eigenvalue weighted by molar-refractivity contribution is -0.361. The molecule has 7 rings (SSSR count). The SMILES string of the molecule is COC(=O)[C@H]1O[C@H](OC(=Nc2ccccc2)C(F)(F)F)[C@@H](OCc2ccccc2)[C@@H](OCc2ccccc2)[C@@H]1O[C@@H]1O[C@@H](C(=O)OC)[C@@H](OC(=O)CCC(C)=O)[C@H](OCc2ccccc2)[C@@H]1OCc1ccccc1. The maximum absolute atomic E-state index is 15.1. The van der Waals surface area contributed by atoms with E-state index in [1.807, 2.05) is 0 Å². The summed E-state index contributed by atoms with van der Waals surface area (Å²) in [7, 11) is 2.11. The van der Waals surface area contributed by atoms with Crippen molar-refractivity contribution in [2.24, 2.45) is 4.99 Å². The van der Waals surface area contributed by atoms with Crippen molar-refractivity contribution in [3.63, 3.8) is 0 Å². The number of alkyl halides is 3. The zero-order valence-corrected chi connectivity index (χ0v) is 40.7. The number of esters is 3. The Morgan fingerprint density at radius 2 is 0.865 bits per heavy atom. The van der Waals surface area contributed by atoms with Crippen molar-refractivity contribution in [3.05, 3.63) is 174 Å². The van der Waals surface area contributed by atoms with Crippen LogP contribution in [0.3, 0.4) is 0 Å². The highest BCUT2D eigenvalue weighted by molar-refractivity contribution is 5.85. The highest BCUT2D eigenvalue weighted by Crippen LogP contribution is 2.38. The molecule has 0 amide bonds. The first-order valence-electron chi connectivity index (χ1n) is 23.6. The third-order valence-corrected chi connectivity index (χ3v) is 11.7. The maximum atomic E-state index is 15.1. The number of ketones is 1. The first kappa shape index (κ1) is 54.9. The number of carbonyl (C=O) groups is 4. The zero-order chi connectivity index (χ0) is 52.5. The van der Waals surface area contributed by atoms with Crippen LogP contribution >= 0.6 is 0 Å². The van der Waals surface area contributed by atoms with Gasteiger partial charge >= 0.3 is 24.1 Å². The van der Waals surface area contributed by atoms with E-state index in [4.69, 9.17) is 52.1 Å². The number of Topliss-reactive ketones (excluding diaryl/α,β-unsaturated/α-hetero) is 1. The molecule has 2 aliphatic rings. The van der Waals surface area contributed by atoms with Crippen molar-refractivity contribution >= 4 is 35.3 Å². The van der Waals surface area contributed by atoms with E-state index in [-0.39, 0.29) is 50.7 Å². The van der Waals surface area contributed by atoms with Gasteiger partial charge in [0, 0.05) is 6.42 Å². The molecule has 5 aromatic carbocycles. The van der Waals surface area contributed by atoms with Crippen LogP contribution in [0.25, 0.3) is 0 Å². The minimum absolute atomic E-state index is 0.108. The Morgan fingerprint density at radius 1 is 0.486 bits per heavy atom. The number of para-hydroxylation sites is 1. The summed E-state index contributed by atoms with van der Waals surface area (Å²) in [5, 5.41) is 0. The summed E-state index contributed by atoms with van der Waals surface area (Å²) in [4.78, 5) is 57.4. The van der Waals surface area contributed by atoms with E-state index in [2.05, 4.69) is 4.99 Å². The van der Waals surface area contributed by atoms with Crippen LogP contribution in [-0.2, 0) is 97.7 Å². The molecule has 2 saturated heterocycles. The van der Waals surface area contributed by atoms with Crippen LogP contribution < -0.4 is 0 Å².